The van der Waals surface area contributed by atoms with Crippen molar-refractivity contribution in [2.24, 2.45) is 11.3 Å². The zero-order chi connectivity index (χ0) is 16.9. The number of carbonyl (C=O) groups excluding carboxylic acids is 2. The quantitative estimate of drug-likeness (QED) is 0.741. The third kappa shape index (κ3) is 1.41. The molecule has 4 unspecified atom stereocenters. The molecule has 4 atom stereocenters. The second-order valence-corrected chi connectivity index (χ2v) is 8.13. The van der Waals surface area contributed by atoms with Crippen molar-refractivity contribution in [2.45, 2.75) is 51.0 Å². The summed E-state index contributed by atoms with van der Waals surface area (Å²) in [6.07, 6.45) is 4.16. The summed E-state index contributed by atoms with van der Waals surface area (Å²) < 4.78 is 11.0. The number of aliphatic hydroxyl groups is 1. The van der Waals surface area contributed by atoms with E-state index in [4.69, 9.17) is 9.15 Å². The molecule has 4 aliphatic rings. The fourth-order valence-electron chi connectivity index (χ4n) is 5.58. The lowest BCUT2D eigenvalue weighted by Crippen LogP contribution is -2.48. The second-order valence-electron chi connectivity index (χ2n) is 8.13. The highest BCUT2D eigenvalue weighted by Gasteiger charge is 2.58. The van der Waals surface area contributed by atoms with Crippen molar-refractivity contribution in [2.75, 3.05) is 6.61 Å². The van der Waals surface area contributed by atoms with Gasteiger partial charge in [-0.05, 0) is 44.1 Å². The summed E-state index contributed by atoms with van der Waals surface area (Å²) in [5.74, 6) is -0.150. The lowest BCUT2D eigenvalue weighted by molar-refractivity contribution is 0.0267. The van der Waals surface area contributed by atoms with Gasteiger partial charge in [0.05, 0.1) is 11.5 Å². The summed E-state index contributed by atoms with van der Waals surface area (Å²) >= 11 is 0. The maximum absolute atomic E-state index is 13.2. The first-order valence-corrected chi connectivity index (χ1v) is 8.63. The van der Waals surface area contributed by atoms with E-state index in [1.165, 1.54) is 6.26 Å². The average Bonchev–Trinajstić information content (AvgIpc) is 3.13. The molecule has 5 rings (SSSR count). The number of cyclic esters (lactones) is 1. The molecule has 0 spiro atoms. The first-order valence-electron chi connectivity index (χ1n) is 8.63. The second kappa shape index (κ2) is 4.20. The van der Waals surface area contributed by atoms with Gasteiger partial charge < -0.3 is 14.3 Å². The summed E-state index contributed by atoms with van der Waals surface area (Å²) in [7, 11) is 0. The molecule has 1 fully saturated rings. The Hall–Kier alpha value is -1.88. The molecule has 5 heteroatoms. The van der Waals surface area contributed by atoms with Crippen LogP contribution in [0.4, 0.5) is 0 Å². The van der Waals surface area contributed by atoms with E-state index in [1.54, 1.807) is 0 Å². The SMILES string of the molecule is CC12COC(=O)c3coc(c31)C(=O)C1=C2CCC2(C)C(O)CCC12. The predicted octanol–water partition coefficient (Wildman–Crippen LogP) is 2.77. The van der Waals surface area contributed by atoms with Crippen LogP contribution in [0.25, 0.3) is 0 Å². The molecule has 126 valence electrons. The van der Waals surface area contributed by atoms with Gasteiger partial charge in [-0.2, -0.15) is 0 Å². The lowest BCUT2D eigenvalue weighted by Gasteiger charge is -2.48. The summed E-state index contributed by atoms with van der Waals surface area (Å²) in [5.41, 5.74) is 2.27. The lowest BCUT2D eigenvalue weighted by atomic mass is 9.56. The molecular weight excluding hydrogens is 308 g/mol. The molecule has 0 radical (unpaired) electrons. The Balaban J connectivity index is 1.76. The van der Waals surface area contributed by atoms with Gasteiger partial charge in [0.25, 0.3) is 0 Å². The Morgan fingerprint density at radius 1 is 1.25 bits per heavy atom. The molecule has 5 nitrogen and oxygen atoms in total. The van der Waals surface area contributed by atoms with Gasteiger partial charge in [0.1, 0.15) is 18.4 Å². The maximum Gasteiger partial charge on any atom is 0.341 e. The largest absolute Gasteiger partial charge is 0.461 e. The van der Waals surface area contributed by atoms with Crippen LogP contribution in [0.15, 0.2) is 21.8 Å². The van der Waals surface area contributed by atoms with Crippen molar-refractivity contribution in [3.8, 4) is 0 Å². The van der Waals surface area contributed by atoms with Crippen LogP contribution >= 0.6 is 0 Å². The van der Waals surface area contributed by atoms with Gasteiger partial charge in [-0.25, -0.2) is 4.79 Å². The zero-order valence-electron chi connectivity index (χ0n) is 13.8. The van der Waals surface area contributed by atoms with Crippen molar-refractivity contribution in [3.63, 3.8) is 0 Å². The standard InChI is InChI=1S/C19H20O5/c1-18-6-5-11-13(10(18)3-4-12(18)20)15(21)16-14-9(7-23-16)17(22)24-8-19(11,14)2/h7,10,12,20H,3-6,8H2,1-2H3. The highest BCUT2D eigenvalue weighted by Crippen LogP contribution is 2.60. The van der Waals surface area contributed by atoms with Gasteiger partial charge in [-0.15, -0.1) is 0 Å². The van der Waals surface area contributed by atoms with E-state index >= 15 is 0 Å². The number of furan rings is 1. The highest BCUT2D eigenvalue weighted by molar-refractivity contribution is 6.13. The molecule has 1 aliphatic heterocycles. The van der Waals surface area contributed by atoms with Crippen LogP contribution in [0.2, 0.25) is 0 Å². The molecular formula is C19H20O5. The zero-order valence-corrected chi connectivity index (χ0v) is 13.8. The first kappa shape index (κ1) is 14.5. The number of fused-ring (bicyclic) bond motifs is 3. The summed E-state index contributed by atoms with van der Waals surface area (Å²) in [5, 5.41) is 10.5. The number of hydrogen-bond donors (Lipinski definition) is 1. The minimum absolute atomic E-state index is 0.0555. The molecule has 0 saturated heterocycles. The summed E-state index contributed by atoms with van der Waals surface area (Å²) in [6.45, 7) is 4.40. The van der Waals surface area contributed by atoms with Crippen LogP contribution in [0.1, 0.15) is 66.0 Å². The molecule has 1 aromatic heterocycles. The Morgan fingerprint density at radius 3 is 2.83 bits per heavy atom. The average molecular weight is 328 g/mol. The van der Waals surface area contributed by atoms with E-state index < -0.39 is 11.4 Å². The number of hydrogen-bond acceptors (Lipinski definition) is 5. The number of carbonyl (C=O) groups is 2. The van der Waals surface area contributed by atoms with Gasteiger partial charge in [0.2, 0.25) is 5.78 Å². The third-order valence-electron chi connectivity index (χ3n) is 7.04. The number of allylic oxidation sites excluding steroid dienone is 1. The van der Waals surface area contributed by atoms with Crippen molar-refractivity contribution >= 4 is 11.8 Å². The molecule has 1 aromatic rings. The smallest absolute Gasteiger partial charge is 0.341 e. The minimum atomic E-state index is -0.482. The Kier molecular flexibility index (Phi) is 2.53. The number of rotatable bonds is 0. The molecule has 1 N–H and O–H groups in total. The number of Topliss-reactive ketones (excluding diaryl/α,β-unsaturated/α-hetero) is 1. The fourth-order valence-corrected chi connectivity index (χ4v) is 5.58. The number of ketones is 1. The van der Waals surface area contributed by atoms with E-state index in [2.05, 4.69) is 6.92 Å². The van der Waals surface area contributed by atoms with Gasteiger partial charge in [-0.3, -0.25) is 4.79 Å². The van der Waals surface area contributed by atoms with E-state index in [9.17, 15) is 14.7 Å². The molecule has 2 heterocycles. The van der Waals surface area contributed by atoms with E-state index in [1.807, 2.05) is 6.92 Å². The number of ether oxygens (including phenoxy) is 1. The predicted molar refractivity (Wildman–Crippen MR) is 83.8 cm³/mol. The molecule has 1 saturated carbocycles. The van der Waals surface area contributed by atoms with Gasteiger partial charge in [0, 0.05) is 16.6 Å². The fraction of sp³-hybridized carbons (Fsp3) is 0.579. The Morgan fingerprint density at radius 2 is 2.04 bits per heavy atom. The Bertz CT molecular complexity index is 831. The topological polar surface area (TPSA) is 76.7 Å². The molecule has 3 aliphatic carbocycles. The van der Waals surface area contributed by atoms with Gasteiger partial charge in [0.15, 0.2) is 5.76 Å². The van der Waals surface area contributed by atoms with E-state index in [0.29, 0.717) is 16.9 Å². The Labute approximate surface area is 139 Å². The van der Waals surface area contributed by atoms with Gasteiger partial charge >= 0.3 is 5.97 Å². The van der Waals surface area contributed by atoms with Crippen molar-refractivity contribution in [3.05, 3.63) is 34.3 Å². The molecule has 0 bridgehead atoms. The van der Waals surface area contributed by atoms with Crippen LogP contribution in [0.3, 0.4) is 0 Å². The molecule has 0 amide bonds. The first-order chi connectivity index (χ1) is 11.4. The van der Waals surface area contributed by atoms with Gasteiger partial charge in [-0.1, -0.05) is 6.92 Å². The summed E-state index contributed by atoms with van der Waals surface area (Å²) in [6, 6.07) is 0. The van der Waals surface area contributed by atoms with Crippen LogP contribution in [-0.4, -0.2) is 29.6 Å². The van der Waals surface area contributed by atoms with E-state index in [-0.39, 0.29) is 29.8 Å². The van der Waals surface area contributed by atoms with Crippen molar-refractivity contribution < 1.29 is 23.8 Å². The van der Waals surface area contributed by atoms with Crippen LogP contribution in [-0.2, 0) is 10.2 Å². The minimum Gasteiger partial charge on any atom is -0.461 e. The van der Waals surface area contributed by atoms with Crippen molar-refractivity contribution in [1.82, 2.24) is 0 Å². The molecule has 0 aromatic carbocycles. The normalized spacial score (nSPS) is 40.1. The maximum atomic E-state index is 13.2. The van der Waals surface area contributed by atoms with Crippen LogP contribution in [0.5, 0.6) is 0 Å². The third-order valence-corrected chi connectivity index (χ3v) is 7.04. The van der Waals surface area contributed by atoms with Crippen LogP contribution < -0.4 is 0 Å². The van der Waals surface area contributed by atoms with Crippen molar-refractivity contribution in [1.29, 1.82) is 0 Å². The number of aliphatic hydroxyl groups excluding tert-OH is 1. The molecule has 24 heavy (non-hydrogen) atoms. The monoisotopic (exact) mass is 328 g/mol. The highest BCUT2D eigenvalue weighted by atomic mass is 16.5. The van der Waals surface area contributed by atoms with E-state index in [0.717, 1.165) is 36.8 Å². The van der Waals surface area contributed by atoms with Crippen LogP contribution in [0, 0.1) is 11.3 Å². The number of esters is 1. The summed E-state index contributed by atoms with van der Waals surface area (Å²) in [4.78, 5) is 25.2.